The molecule has 0 saturated heterocycles. The first-order valence-electron chi connectivity index (χ1n) is 24.6. The van der Waals surface area contributed by atoms with E-state index in [1.54, 1.807) is 0 Å². The Kier molecular flexibility index (Phi) is 7.94. The van der Waals surface area contributed by atoms with Gasteiger partial charge in [0.1, 0.15) is 22.3 Å². The zero-order valence-electron chi connectivity index (χ0n) is 40.8. The van der Waals surface area contributed by atoms with Gasteiger partial charge in [0.2, 0.25) is 0 Å². The van der Waals surface area contributed by atoms with Gasteiger partial charge in [-0.3, -0.25) is 0 Å². The first-order valence-corrected chi connectivity index (χ1v) is 24.6. The van der Waals surface area contributed by atoms with Crippen molar-refractivity contribution >= 4 is 60.9 Å². The minimum Gasteiger partial charge on any atom is -0.456 e. The maximum absolute atomic E-state index is 6.85. The van der Waals surface area contributed by atoms with E-state index in [1.165, 1.54) is 111 Å². The SMILES string of the molecule is Cc1ccccc1-c1cc2c(c3c1oc1ccccc13)-c1ccc(N(c3ccc4c(c3)C(C)(C)c3cc5c(cc3-4)C(C)(C)c3ccc4oc6ccccc6c4c3-5)c3c(C)cccc3C)cc1C2(C)C. The number of anilines is 3. The van der Waals surface area contributed by atoms with Crippen LogP contribution >= 0.6 is 0 Å². The average molecular weight is 892 g/mol. The Labute approximate surface area is 403 Å². The normalized spacial score (nSPS) is 15.4. The van der Waals surface area contributed by atoms with Crippen LogP contribution in [0.5, 0.6) is 0 Å². The largest absolute Gasteiger partial charge is 0.456 e. The monoisotopic (exact) mass is 891 g/mol. The summed E-state index contributed by atoms with van der Waals surface area (Å²) < 4.78 is 13.3. The molecule has 3 aliphatic rings. The van der Waals surface area contributed by atoms with E-state index in [4.69, 9.17) is 8.83 Å². The summed E-state index contributed by atoms with van der Waals surface area (Å²) in [6.07, 6.45) is 0. The van der Waals surface area contributed by atoms with Crippen LogP contribution < -0.4 is 4.90 Å². The molecule has 69 heavy (non-hydrogen) atoms. The summed E-state index contributed by atoms with van der Waals surface area (Å²) in [5.74, 6) is 0. The van der Waals surface area contributed by atoms with Crippen molar-refractivity contribution in [3.63, 3.8) is 0 Å². The Morgan fingerprint density at radius 2 is 0.870 bits per heavy atom. The molecule has 11 aromatic rings. The fourth-order valence-electron chi connectivity index (χ4n) is 13.3. The molecule has 2 aromatic heterocycles. The van der Waals surface area contributed by atoms with Gasteiger partial charge in [-0.05, 0) is 170 Å². The van der Waals surface area contributed by atoms with Crippen LogP contribution in [0.2, 0.25) is 0 Å². The molecule has 2 heterocycles. The van der Waals surface area contributed by atoms with E-state index < -0.39 is 0 Å². The van der Waals surface area contributed by atoms with Crippen LogP contribution in [-0.2, 0) is 16.2 Å². The molecule has 3 aliphatic carbocycles. The molecule has 0 aliphatic heterocycles. The van der Waals surface area contributed by atoms with Crippen LogP contribution in [0.4, 0.5) is 17.1 Å². The van der Waals surface area contributed by atoms with Crippen LogP contribution in [0, 0.1) is 20.8 Å². The highest BCUT2D eigenvalue weighted by Gasteiger charge is 2.44. The van der Waals surface area contributed by atoms with Gasteiger partial charge < -0.3 is 13.7 Å². The lowest BCUT2D eigenvalue weighted by molar-refractivity contribution is 0.651. The van der Waals surface area contributed by atoms with Gasteiger partial charge in [0.25, 0.3) is 0 Å². The summed E-state index contributed by atoms with van der Waals surface area (Å²) in [6.45, 7) is 21.2. The van der Waals surface area contributed by atoms with Crippen molar-refractivity contribution in [1.82, 2.24) is 0 Å². The van der Waals surface area contributed by atoms with Crippen molar-refractivity contribution in [2.45, 2.75) is 78.6 Å². The van der Waals surface area contributed by atoms with Crippen LogP contribution in [0.25, 0.3) is 88.4 Å². The second-order valence-corrected chi connectivity index (χ2v) is 21.8. The number of para-hydroxylation sites is 3. The van der Waals surface area contributed by atoms with Gasteiger partial charge in [-0.1, -0.05) is 139 Å². The van der Waals surface area contributed by atoms with E-state index in [2.05, 4.69) is 225 Å². The number of hydrogen-bond acceptors (Lipinski definition) is 3. The third-order valence-electron chi connectivity index (χ3n) is 16.8. The molecule has 0 unspecified atom stereocenters. The Hall–Kier alpha value is -7.62. The molecule has 0 amide bonds. The summed E-state index contributed by atoms with van der Waals surface area (Å²) in [5, 5.41) is 4.77. The highest BCUT2D eigenvalue weighted by molar-refractivity contribution is 6.19. The lowest BCUT2D eigenvalue weighted by atomic mass is 9.79. The molecule has 9 aromatic carbocycles. The molecule has 0 saturated carbocycles. The highest BCUT2D eigenvalue weighted by Crippen LogP contribution is 2.60. The van der Waals surface area contributed by atoms with E-state index in [0.29, 0.717) is 0 Å². The second-order valence-electron chi connectivity index (χ2n) is 21.8. The Morgan fingerprint density at radius 3 is 1.59 bits per heavy atom. The van der Waals surface area contributed by atoms with Crippen LogP contribution in [0.15, 0.2) is 167 Å². The number of aryl methyl sites for hydroxylation is 3. The number of rotatable bonds is 4. The van der Waals surface area contributed by atoms with Crippen molar-refractivity contribution in [2.75, 3.05) is 4.90 Å². The van der Waals surface area contributed by atoms with Crippen LogP contribution in [-0.4, -0.2) is 0 Å². The molecule has 3 nitrogen and oxygen atoms in total. The number of benzene rings is 9. The van der Waals surface area contributed by atoms with Crippen LogP contribution in [0.1, 0.15) is 91.6 Å². The Morgan fingerprint density at radius 1 is 0.348 bits per heavy atom. The third kappa shape index (κ3) is 5.23. The molecule has 0 bridgehead atoms. The van der Waals surface area contributed by atoms with Crippen molar-refractivity contribution in [2.24, 2.45) is 0 Å². The maximum Gasteiger partial charge on any atom is 0.143 e. The number of fused-ring (bicyclic) bond motifs is 17. The highest BCUT2D eigenvalue weighted by atomic mass is 16.3. The lowest BCUT2D eigenvalue weighted by Crippen LogP contribution is -2.19. The molecule has 0 atom stereocenters. The molecule has 0 N–H and O–H groups in total. The minimum absolute atomic E-state index is 0.169. The van der Waals surface area contributed by atoms with Crippen molar-refractivity contribution in [3.8, 4) is 44.5 Å². The first kappa shape index (κ1) is 40.4. The molecule has 0 radical (unpaired) electrons. The standard InChI is InChI=1S/C66H53NO2/c1-36-17-10-11-20-41(36)47-34-54-58(61-45-22-13-15-24-56(45)69-63(47)61)43-28-26-40(32-51(43)66(54,8)9)67(62-37(2)18-16-19-38(62)3)39-25-27-42-46-33-53-48(35-52(46)65(6,7)50(42)31-39)59-49(64(53,4)5)29-30-57-60(59)44-21-12-14-23-55(44)68-57/h10-35H,1-9H3. The number of furan rings is 2. The molecular weight excluding hydrogens is 839 g/mol. The number of hydrogen-bond donors (Lipinski definition) is 0. The summed E-state index contributed by atoms with van der Waals surface area (Å²) in [5.41, 5.74) is 28.7. The lowest BCUT2D eigenvalue weighted by Gasteiger charge is -2.31. The molecule has 14 rings (SSSR count). The van der Waals surface area contributed by atoms with Crippen molar-refractivity contribution in [1.29, 1.82) is 0 Å². The summed E-state index contributed by atoms with van der Waals surface area (Å²) in [4.78, 5) is 2.53. The van der Waals surface area contributed by atoms with E-state index >= 15 is 0 Å². The predicted octanol–water partition coefficient (Wildman–Crippen LogP) is 18.5. The van der Waals surface area contributed by atoms with Gasteiger partial charge >= 0.3 is 0 Å². The van der Waals surface area contributed by atoms with Gasteiger partial charge in [-0.2, -0.15) is 0 Å². The predicted molar refractivity (Wildman–Crippen MR) is 288 cm³/mol. The van der Waals surface area contributed by atoms with E-state index in [9.17, 15) is 0 Å². The van der Waals surface area contributed by atoms with Gasteiger partial charge in [0, 0.05) is 54.7 Å². The topological polar surface area (TPSA) is 29.5 Å². The number of nitrogens with zero attached hydrogens (tertiary/aromatic N) is 1. The molecule has 0 fully saturated rings. The van der Waals surface area contributed by atoms with Gasteiger partial charge in [0.05, 0.1) is 5.69 Å². The van der Waals surface area contributed by atoms with Gasteiger partial charge in [-0.15, -0.1) is 0 Å². The van der Waals surface area contributed by atoms with E-state index in [1.807, 2.05) is 0 Å². The fraction of sp³-hybridized carbons (Fsp3) is 0.182. The minimum atomic E-state index is -0.292. The van der Waals surface area contributed by atoms with Crippen LogP contribution in [0.3, 0.4) is 0 Å². The van der Waals surface area contributed by atoms with Crippen molar-refractivity contribution < 1.29 is 8.83 Å². The Bertz CT molecular complexity index is 4070. The van der Waals surface area contributed by atoms with E-state index in [-0.39, 0.29) is 16.2 Å². The molecule has 0 spiro atoms. The Balaban J connectivity index is 0.946. The third-order valence-corrected chi connectivity index (χ3v) is 16.8. The summed E-state index contributed by atoms with van der Waals surface area (Å²) >= 11 is 0. The first-order chi connectivity index (χ1) is 33.2. The van der Waals surface area contributed by atoms with E-state index in [0.717, 1.165) is 44.7 Å². The van der Waals surface area contributed by atoms with Gasteiger partial charge in [-0.25, -0.2) is 0 Å². The fourth-order valence-corrected chi connectivity index (χ4v) is 13.3. The zero-order valence-corrected chi connectivity index (χ0v) is 40.8. The van der Waals surface area contributed by atoms with Gasteiger partial charge in [0.15, 0.2) is 0 Å². The summed E-state index contributed by atoms with van der Waals surface area (Å²) in [7, 11) is 0. The quantitative estimate of drug-likeness (QED) is 0.176. The van der Waals surface area contributed by atoms with Crippen molar-refractivity contribution in [3.05, 3.63) is 208 Å². The average Bonchev–Trinajstić information content (AvgIpc) is 4.09. The smallest absolute Gasteiger partial charge is 0.143 e. The zero-order chi connectivity index (χ0) is 47.0. The molecular formula is C66H53NO2. The maximum atomic E-state index is 6.85. The summed E-state index contributed by atoms with van der Waals surface area (Å²) in [6, 6.07) is 58.9. The molecule has 3 heteroatoms. The molecule has 334 valence electrons. The second kappa shape index (κ2) is 13.5.